The highest BCUT2D eigenvalue weighted by molar-refractivity contribution is 6.05. The van der Waals surface area contributed by atoms with E-state index >= 15 is 0 Å². The molecule has 0 radical (unpaired) electrons. The van der Waals surface area contributed by atoms with Crippen molar-refractivity contribution in [2.45, 2.75) is 18.8 Å². The van der Waals surface area contributed by atoms with Crippen LogP contribution >= 0.6 is 0 Å². The second-order valence-electron chi connectivity index (χ2n) is 8.04. The number of carbonyl (C=O) groups is 1. The summed E-state index contributed by atoms with van der Waals surface area (Å²) in [5.74, 6) is 1.25. The molecule has 7 heteroatoms. The molecule has 1 saturated heterocycles. The molecule has 0 aliphatic carbocycles. The summed E-state index contributed by atoms with van der Waals surface area (Å²) in [5.41, 5.74) is 15.1. The lowest BCUT2D eigenvalue weighted by molar-refractivity contribution is -0.127. The number of nitrogen functional groups attached to an aromatic ring is 2. The molecule has 1 atom stereocenters. The van der Waals surface area contributed by atoms with Crippen LogP contribution in [0.25, 0.3) is 11.3 Å². The van der Waals surface area contributed by atoms with E-state index in [9.17, 15) is 4.79 Å². The number of likely N-dealkylation sites (tertiary alicyclic amines) is 1. The van der Waals surface area contributed by atoms with Gasteiger partial charge in [-0.25, -0.2) is 0 Å². The van der Waals surface area contributed by atoms with Crippen LogP contribution in [0, 0.1) is 5.41 Å². The van der Waals surface area contributed by atoms with E-state index in [0.717, 1.165) is 29.8 Å². The number of benzene rings is 2. The predicted molar refractivity (Wildman–Crippen MR) is 130 cm³/mol. The van der Waals surface area contributed by atoms with E-state index in [2.05, 4.69) is 6.58 Å². The largest absolute Gasteiger partial charge is 0.457 e. The standard InChI is InChI=1S/C26H27N5O2/c1-2-23(32)31-14-6-7-18(16-31)22-15-21(27)24(26(28)29)25(30-22)17-10-12-20(13-11-17)33-19-8-4-3-5-9-19/h2-5,8-13,15,18H,1,6-7,14,16H2,(H2,27,30)(H3,28,29). The Balaban J connectivity index is 1.67. The molecule has 1 aromatic heterocycles. The quantitative estimate of drug-likeness (QED) is 0.299. The molecule has 7 nitrogen and oxygen atoms in total. The van der Waals surface area contributed by atoms with Gasteiger partial charge in [-0.1, -0.05) is 24.8 Å². The number of rotatable bonds is 6. The van der Waals surface area contributed by atoms with Crippen molar-refractivity contribution < 1.29 is 9.53 Å². The van der Waals surface area contributed by atoms with Crippen LogP contribution in [0.4, 0.5) is 5.69 Å². The number of hydrogen-bond acceptors (Lipinski definition) is 5. The third-order valence-corrected chi connectivity index (χ3v) is 5.77. The molecule has 1 aliphatic rings. The lowest BCUT2D eigenvalue weighted by Crippen LogP contribution is -2.38. The molecule has 168 valence electrons. The molecule has 33 heavy (non-hydrogen) atoms. The van der Waals surface area contributed by atoms with Crippen molar-refractivity contribution in [3.05, 3.63) is 84.6 Å². The van der Waals surface area contributed by atoms with Crippen molar-refractivity contribution in [3.8, 4) is 22.8 Å². The highest BCUT2D eigenvalue weighted by Crippen LogP contribution is 2.33. The number of piperidine rings is 1. The third kappa shape index (κ3) is 4.87. The highest BCUT2D eigenvalue weighted by Gasteiger charge is 2.26. The van der Waals surface area contributed by atoms with Crippen LogP contribution in [-0.4, -0.2) is 34.7 Å². The maximum absolute atomic E-state index is 12.1. The molecule has 2 aromatic carbocycles. The molecule has 3 aromatic rings. The van der Waals surface area contributed by atoms with Crippen LogP contribution in [0.15, 0.2) is 73.3 Å². The third-order valence-electron chi connectivity index (χ3n) is 5.77. The lowest BCUT2D eigenvalue weighted by Gasteiger charge is -2.32. The van der Waals surface area contributed by atoms with E-state index in [-0.39, 0.29) is 17.7 Å². The average Bonchev–Trinajstić information content (AvgIpc) is 2.84. The zero-order chi connectivity index (χ0) is 23.4. The Labute approximate surface area is 193 Å². The van der Waals surface area contributed by atoms with Gasteiger partial charge in [0.1, 0.15) is 17.3 Å². The van der Waals surface area contributed by atoms with Gasteiger partial charge in [0, 0.05) is 36.0 Å². The summed E-state index contributed by atoms with van der Waals surface area (Å²) in [6.07, 6.45) is 3.12. The summed E-state index contributed by atoms with van der Waals surface area (Å²) < 4.78 is 5.88. The van der Waals surface area contributed by atoms with Crippen molar-refractivity contribution in [2.75, 3.05) is 18.8 Å². The first kappa shape index (κ1) is 22.1. The van der Waals surface area contributed by atoms with Gasteiger partial charge in [-0.05, 0) is 61.4 Å². The van der Waals surface area contributed by atoms with Gasteiger partial charge in [-0.2, -0.15) is 0 Å². The van der Waals surface area contributed by atoms with E-state index in [4.69, 9.17) is 26.6 Å². The van der Waals surface area contributed by atoms with Crippen molar-refractivity contribution in [2.24, 2.45) is 5.73 Å². The van der Waals surface area contributed by atoms with E-state index < -0.39 is 0 Å². The molecule has 0 saturated carbocycles. The van der Waals surface area contributed by atoms with Crippen LogP contribution in [0.5, 0.6) is 11.5 Å². The maximum Gasteiger partial charge on any atom is 0.245 e. The topological polar surface area (TPSA) is 118 Å². The Hall–Kier alpha value is -4.13. The van der Waals surface area contributed by atoms with Gasteiger partial charge < -0.3 is 21.1 Å². The number of pyridine rings is 1. The van der Waals surface area contributed by atoms with Gasteiger partial charge in [0.05, 0.1) is 11.3 Å². The van der Waals surface area contributed by atoms with Crippen molar-refractivity contribution >= 4 is 17.4 Å². The fourth-order valence-electron chi connectivity index (χ4n) is 4.14. The van der Waals surface area contributed by atoms with Crippen LogP contribution in [0.3, 0.4) is 0 Å². The van der Waals surface area contributed by atoms with Gasteiger partial charge in [-0.3, -0.25) is 15.2 Å². The molecule has 1 aliphatic heterocycles. The number of para-hydroxylation sites is 1. The summed E-state index contributed by atoms with van der Waals surface area (Å²) >= 11 is 0. The first-order valence-electron chi connectivity index (χ1n) is 10.9. The van der Waals surface area contributed by atoms with Crippen LogP contribution in [0.2, 0.25) is 0 Å². The number of aromatic nitrogens is 1. The molecule has 4 rings (SSSR count). The monoisotopic (exact) mass is 441 g/mol. The Morgan fingerprint density at radius 2 is 1.85 bits per heavy atom. The highest BCUT2D eigenvalue weighted by atomic mass is 16.5. The fourth-order valence-corrected chi connectivity index (χ4v) is 4.14. The molecular formula is C26H27N5O2. The second-order valence-corrected chi connectivity index (χ2v) is 8.04. The van der Waals surface area contributed by atoms with Gasteiger partial charge in [0.25, 0.3) is 0 Å². The van der Waals surface area contributed by atoms with Crippen LogP contribution in [-0.2, 0) is 4.79 Å². The predicted octanol–water partition coefficient (Wildman–Crippen LogP) is 4.30. The zero-order valence-corrected chi connectivity index (χ0v) is 18.3. The van der Waals surface area contributed by atoms with E-state index in [0.29, 0.717) is 35.8 Å². The molecule has 2 heterocycles. The molecule has 5 N–H and O–H groups in total. The molecular weight excluding hydrogens is 414 g/mol. The fraction of sp³-hybridized carbons (Fsp3) is 0.192. The van der Waals surface area contributed by atoms with Gasteiger partial charge >= 0.3 is 0 Å². The second kappa shape index (κ2) is 9.56. The maximum atomic E-state index is 12.1. The summed E-state index contributed by atoms with van der Waals surface area (Å²) in [7, 11) is 0. The Morgan fingerprint density at radius 1 is 1.15 bits per heavy atom. The molecule has 0 bridgehead atoms. The van der Waals surface area contributed by atoms with Crippen molar-refractivity contribution in [1.82, 2.24) is 9.88 Å². The number of hydrogen-bond donors (Lipinski definition) is 3. The average molecular weight is 442 g/mol. The van der Waals surface area contributed by atoms with E-state index in [1.807, 2.05) is 54.6 Å². The smallest absolute Gasteiger partial charge is 0.245 e. The number of amidine groups is 1. The molecule has 1 amide bonds. The normalized spacial score (nSPS) is 15.6. The molecule has 1 unspecified atom stereocenters. The first-order valence-corrected chi connectivity index (χ1v) is 10.9. The first-order chi connectivity index (χ1) is 16.0. The number of amides is 1. The summed E-state index contributed by atoms with van der Waals surface area (Å²) in [5, 5.41) is 8.05. The Morgan fingerprint density at radius 3 is 2.52 bits per heavy atom. The Kier molecular flexibility index (Phi) is 6.40. The number of nitrogens with two attached hydrogens (primary N) is 2. The summed E-state index contributed by atoms with van der Waals surface area (Å²) in [6.45, 7) is 4.85. The minimum atomic E-state index is -0.140. The van der Waals surface area contributed by atoms with E-state index in [1.54, 1.807) is 11.0 Å². The zero-order valence-electron chi connectivity index (χ0n) is 18.3. The summed E-state index contributed by atoms with van der Waals surface area (Å²) in [4.78, 5) is 18.8. The molecule has 1 fully saturated rings. The van der Waals surface area contributed by atoms with Crippen LogP contribution in [0.1, 0.15) is 30.0 Å². The molecule has 0 spiro atoms. The van der Waals surface area contributed by atoms with Gasteiger partial charge in [-0.15, -0.1) is 0 Å². The Bertz CT molecular complexity index is 1180. The van der Waals surface area contributed by atoms with E-state index in [1.165, 1.54) is 6.08 Å². The van der Waals surface area contributed by atoms with Crippen LogP contribution < -0.4 is 16.2 Å². The van der Waals surface area contributed by atoms with Gasteiger partial charge in [0.2, 0.25) is 5.91 Å². The lowest BCUT2D eigenvalue weighted by atomic mass is 9.92. The number of anilines is 1. The van der Waals surface area contributed by atoms with Gasteiger partial charge in [0.15, 0.2) is 0 Å². The number of nitrogens with zero attached hydrogens (tertiary/aromatic N) is 2. The minimum absolute atomic E-state index is 0.0467. The number of nitrogens with one attached hydrogen (secondary N) is 1. The number of ether oxygens (including phenoxy) is 1. The minimum Gasteiger partial charge on any atom is -0.457 e. The van der Waals surface area contributed by atoms with Crippen molar-refractivity contribution in [1.29, 1.82) is 5.41 Å². The number of carbonyl (C=O) groups excluding carboxylic acids is 1. The SMILES string of the molecule is C=CC(=O)N1CCCC(c2cc(N)c(C(=N)N)c(-c3ccc(Oc4ccccc4)cc3)n2)C1. The van der Waals surface area contributed by atoms with Crippen molar-refractivity contribution in [3.63, 3.8) is 0 Å². The summed E-state index contributed by atoms with van der Waals surface area (Å²) in [6, 6.07) is 18.8.